The number of carbonyl (C=O) groups is 2. The van der Waals surface area contributed by atoms with Crippen LogP contribution in [0.15, 0.2) is 0 Å². The van der Waals surface area contributed by atoms with E-state index in [9.17, 15) is 14.7 Å². The fourth-order valence-corrected chi connectivity index (χ4v) is 0.695. The van der Waals surface area contributed by atoms with Crippen molar-refractivity contribution < 1.29 is 30.4 Å². The third-order valence-corrected chi connectivity index (χ3v) is 1.12. The van der Waals surface area contributed by atoms with E-state index in [1.165, 1.54) is 26.1 Å². The lowest BCUT2D eigenvalue weighted by Crippen LogP contribution is -2.44. The van der Waals surface area contributed by atoms with Gasteiger partial charge in [-0.1, -0.05) is 13.8 Å². The highest BCUT2D eigenvalue weighted by molar-refractivity contribution is 5.79. The molecule has 0 aromatic carbocycles. The van der Waals surface area contributed by atoms with Crippen molar-refractivity contribution in [2.24, 2.45) is 5.89 Å². The Balaban J connectivity index is 6.04. The fraction of sp³-hybridized carbons (Fsp3) is 0.818. The van der Waals surface area contributed by atoms with Crippen LogP contribution in [0, 0.1) is 5.89 Å². The second-order valence-electron chi connectivity index (χ2n) is 3.91. The topological polar surface area (TPSA) is 75.6 Å². The molecule has 0 rings (SSSR count). The number of amides is 1. The largest absolute Gasteiger partial charge is 0.480 e. The van der Waals surface area contributed by atoms with Crippen LogP contribution < -0.4 is 5.32 Å². The minimum Gasteiger partial charge on any atom is -0.480 e. The lowest BCUT2D eigenvalue weighted by atomic mass is 10.0. The summed E-state index contributed by atoms with van der Waals surface area (Å²) in [6, 6.07) is -3.56. The van der Waals surface area contributed by atoms with Crippen LogP contribution >= 0.6 is 0 Å². The van der Waals surface area contributed by atoms with Crippen LogP contribution in [-0.2, 0) is 9.53 Å². The third kappa shape index (κ3) is 7.09. The summed E-state index contributed by atoms with van der Waals surface area (Å²) in [5, 5.41) is 10.7. The van der Waals surface area contributed by atoms with Crippen LogP contribution in [0.25, 0.3) is 0 Å². The maximum Gasteiger partial charge on any atom is 0.408 e. The normalized spacial score (nSPS) is 27.9. The monoisotopic (exact) mass is 239 g/mol. The predicted octanol–water partition coefficient (Wildman–Crippen LogP) is 2.01. The van der Waals surface area contributed by atoms with Crippen LogP contribution in [0.2, 0.25) is 0 Å². The summed E-state index contributed by atoms with van der Waals surface area (Å²) < 4.78 is 65.0. The summed E-state index contributed by atoms with van der Waals surface area (Å²) in [7, 11) is 0. The van der Waals surface area contributed by atoms with Gasteiger partial charge in [0.2, 0.25) is 0 Å². The van der Waals surface area contributed by atoms with Gasteiger partial charge in [-0.15, -0.1) is 0 Å². The molecule has 5 heteroatoms. The van der Waals surface area contributed by atoms with E-state index in [1.54, 1.807) is 0 Å². The summed E-state index contributed by atoms with van der Waals surface area (Å²) in [5.74, 6) is -5.51. The molecule has 0 aliphatic rings. The number of carboxylic acid groups (broad SMARTS) is 1. The van der Waals surface area contributed by atoms with Gasteiger partial charge in [0.25, 0.3) is 0 Å². The highest BCUT2D eigenvalue weighted by atomic mass is 16.6. The quantitative estimate of drug-likeness (QED) is 0.787. The molecule has 16 heavy (non-hydrogen) atoms. The molecule has 1 unspecified atom stereocenters. The van der Waals surface area contributed by atoms with Crippen LogP contribution in [-0.4, -0.2) is 28.8 Å². The number of aliphatic carboxylic acids is 1. The Morgan fingerprint density at radius 2 is 2.25 bits per heavy atom. The molecule has 0 aromatic rings. The molecule has 0 aliphatic heterocycles. The van der Waals surface area contributed by atoms with Gasteiger partial charge in [-0.05, 0) is 33.0 Å². The van der Waals surface area contributed by atoms with Crippen molar-refractivity contribution in [3.8, 4) is 0 Å². The maximum absolute atomic E-state index is 11.8. The number of hydrogen-bond donors (Lipinski definition) is 2. The zero-order valence-electron chi connectivity index (χ0n) is 17.4. The molecular weight excluding hydrogens is 210 g/mol. The number of carboxylic acids is 1. The minimum atomic E-state index is -3.66. The molecule has 0 bridgehead atoms. The van der Waals surface area contributed by atoms with E-state index >= 15 is 0 Å². The van der Waals surface area contributed by atoms with Gasteiger partial charge in [0.15, 0.2) is 0 Å². The van der Waals surface area contributed by atoms with Crippen molar-refractivity contribution in [3.63, 3.8) is 0 Å². The van der Waals surface area contributed by atoms with E-state index in [0.717, 1.165) is 0 Å². The highest BCUT2D eigenvalue weighted by Crippen LogP contribution is 2.09. The number of rotatable bonds is 4. The van der Waals surface area contributed by atoms with Gasteiger partial charge < -0.3 is 15.2 Å². The molecular formula is C11H21NO4. The Hall–Kier alpha value is -1.26. The minimum absolute atomic E-state index is 1.09. The van der Waals surface area contributed by atoms with Crippen LogP contribution in [0.1, 0.15) is 51.9 Å². The zero-order valence-corrected chi connectivity index (χ0v) is 9.38. The summed E-state index contributed by atoms with van der Waals surface area (Å²) in [4.78, 5) is 23.2. The van der Waals surface area contributed by atoms with E-state index in [1.807, 2.05) is 0 Å². The van der Waals surface area contributed by atoms with Gasteiger partial charge in [-0.3, -0.25) is 0 Å². The van der Waals surface area contributed by atoms with Crippen LogP contribution in [0.5, 0.6) is 0 Å². The molecule has 0 radical (unpaired) electrons. The molecule has 0 aromatic heterocycles. The molecule has 1 amide bonds. The molecule has 0 saturated heterocycles. The SMILES string of the molecule is [2H]CC([2H])(C([2H])([2H])[2H])C([2H])([2H])[C@]([2H])(NC(=O)OC(C)(C)C)C(=O)O. The van der Waals surface area contributed by atoms with Crippen molar-refractivity contribution in [1.29, 1.82) is 0 Å². The van der Waals surface area contributed by atoms with Gasteiger partial charge in [0.05, 0.1) is 1.37 Å². The zero-order chi connectivity index (χ0) is 19.8. The first-order valence-corrected chi connectivity index (χ1v) is 4.39. The van der Waals surface area contributed by atoms with Crippen LogP contribution in [0.4, 0.5) is 4.79 Å². The molecule has 0 fully saturated rings. The number of ether oxygens (including phenoxy) is 1. The molecule has 0 spiro atoms. The molecule has 2 N–H and O–H groups in total. The second-order valence-corrected chi connectivity index (χ2v) is 3.91. The van der Waals surface area contributed by atoms with Crippen molar-refractivity contribution in [3.05, 3.63) is 0 Å². The number of nitrogens with one attached hydrogen (secondary N) is 1. The van der Waals surface area contributed by atoms with Crippen molar-refractivity contribution in [1.82, 2.24) is 5.32 Å². The average molecular weight is 239 g/mol. The Morgan fingerprint density at radius 1 is 1.62 bits per heavy atom. The fourth-order valence-electron chi connectivity index (χ4n) is 0.695. The summed E-state index contributed by atoms with van der Waals surface area (Å²) >= 11 is 0. The van der Waals surface area contributed by atoms with Gasteiger partial charge >= 0.3 is 12.1 Å². The molecule has 5 nitrogen and oxygen atoms in total. The number of carbonyl (C=O) groups excluding carboxylic acids is 1. The molecule has 0 aliphatic carbocycles. The lowest BCUT2D eigenvalue weighted by Gasteiger charge is -2.22. The standard InChI is InChI=1S/C11H21NO4/c1-7(2)6-8(9(13)14)12-10(15)16-11(3,4)5/h7-8H,6H2,1-5H3,(H,12,15)(H,13,14)/t8-/m0/s1/i1D,2D3,6D2,7D,8D/t7?,8-. The van der Waals surface area contributed by atoms with Crippen LogP contribution in [0.3, 0.4) is 0 Å². The second kappa shape index (κ2) is 5.72. The molecule has 2 atom stereocenters. The van der Waals surface area contributed by atoms with Gasteiger partial charge in [0, 0.05) is 9.60 Å². The van der Waals surface area contributed by atoms with Crippen molar-refractivity contribution >= 4 is 12.1 Å². The Morgan fingerprint density at radius 3 is 2.62 bits per heavy atom. The third-order valence-electron chi connectivity index (χ3n) is 1.12. The van der Waals surface area contributed by atoms with Gasteiger partial charge in [-0.25, -0.2) is 9.59 Å². The smallest absolute Gasteiger partial charge is 0.408 e. The van der Waals surface area contributed by atoms with Crippen molar-refractivity contribution in [2.75, 3.05) is 0 Å². The first-order valence-electron chi connectivity index (χ1n) is 8.60. The first-order chi connectivity index (χ1) is 10.4. The van der Waals surface area contributed by atoms with E-state index in [0.29, 0.717) is 0 Å². The summed E-state index contributed by atoms with van der Waals surface area (Å²) in [6.07, 6.45) is -5.13. The van der Waals surface area contributed by atoms with E-state index < -0.39 is 49.7 Å². The number of alkyl carbamates (subject to hydrolysis) is 1. The Kier molecular flexibility index (Phi) is 2.11. The Bertz CT molecular complexity index is 503. The van der Waals surface area contributed by atoms with Gasteiger partial charge in [0.1, 0.15) is 11.6 Å². The summed E-state index contributed by atoms with van der Waals surface area (Å²) in [6.45, 7) is -0.464. The lowest BCUT2D eigenvalue weighted by molar-refractivity contribution is -0.139. The van der Waals surface area contributed by atoms with E-state index in [-0.39, 0.29) is 0 Å². The van der Waals surface area contributed by atoms with Crippen molar-refractivity contribution in [2.45, 2.75) is 52.5 Å². The maximum atomic E-state index is 11.8. The molecule has 0 saturated carbocycles. The first kappa shape index (κ1) is 5.89. The van der Waals surface area contributed by atoms with Gasteiger partial charge in [-0.2, -0.15) is 0 Å². The highest BCUT2D eigenvalue weighted by Gasteiger charge is 2.24. The van der Waals surface area contributed by atoms with E-state index in [2.05, 4.69) is 0 Å². The predicted molar refractivity (Wildman–Crippen MR) is 60.2 cm³/mol. The van der Waals surface area contributed by atoms with E-state index in [4.69, 9.17) is 15.7 Å². The molecule has 0 heterocycles. The Labute approximate surface area is 107 Å². The average Bonchev–Trinajstić information content (AvgIpc) is 2.32. The number of hydrogen-bond acceptors (Lipinski definition) is 3. The summed E-state index contributed by atoms with van der Waals surface area (Å²) in [5.41, 5.74) is -1.09. The molecule has 94 valence electrons.